The number of hydrogen-bond acceptors (Lipinski definition) is 7. The summed E-state index contributed by atoms with van der Waals surface area (Å²) in [5.74, 6) is 1.39. The Morgan fingerprint density at radius 1 is 1.12 bits per heavy atom. The molecule has 10 nitrogen and oxygen atoms in total. The van der Waals surface area contributed by atoms with Crippen LogP contribution in [-0.2, 0) is 4.57 Å². The van der Waals surface area contributed by atoms with Crippen molar-refractivity contribution in [2.75, 3.05) is 43.2 Å². The van der Waals surface area contributed by atoms with E-state index in [1.807, 2.05) is 59.6 Å². The number of urea groups is 1. The lowest BCUT2D eigenvalue weighted by molar-refractivity contribution is 0.0283. The van der Waals surface area contributed by atoms with E-state index < -0.39 is 12.7 Å². The Bertz CT molecular complexity index is 1610. The van der Waals surface area contributed by atoms with E-state index in [2.05, 4.69) is 15.3 Å². The van der Waals surface area contributed by atoms with E-state index in [9.17, 15) is 14.5 Å². The SMILES string of the molecule is CC(C)(O)COc1cc(-c2ccc(N3CC4CC(C3)N4C(=O)Nc3ccccc3)nc2)c2c(P(C)(C)=O)cnn2c1. The summed E-state index contributed by atoms with van der Waals surface area (Å²) in [7, 11) is -2.62. The standard InChI is InChI=1S/C30H35N6O4P/c1-30(2,38)19-40-24-13-25(28-26(41(3,4)39)15-32-35(28)18-24)20-10-11-27(31-14-20)34-16-22-12-23(17-34)36(22)29(37)33-21-8-6-5-7-9-21/h5-11,13-15,18,22-23,38H,12,16-17,19H2,1-4H3,(H,33,37). The molecule has 6 heterocycles. The van der Waals surface area contributed by atoms with Gasteiger partial charge in [-0.3, -0.25) is 0 Å². The van der Waals surface area contributed by atoms with E-state index in [-0.39, 0.29) is 24.7 Å². The van der Waals surface area contributed by atoms with Crippen LogP contribution in [0.15, 0.2) is 67.1 Å². The molecule has 0 saturated carbocycles. The van der Waals surface area contributed by atoms with Crippen LogP contribution in [0.2, 0.25) is 0 Å². The van der Waals surface area contributed by atoms with Crippen LogP contribution in [0.25, 0.3) is 16.6 Å². The van der Waals surface area contributed by atoms with Crippen LogP contribution >= 0.6 is 7.14 Å². The van der Waals surface area contributed by atoms with Gasteiger partial charge in [-0.2, -0.15) is 5.10 Å². The monoisotopic (exact) mass is 574 g/mol. The Morgan fingerprint density at radius 2 is 1.85 bits per heavy atom. The summed E-state index contributed by atoms with van der Waals surface area (Å²) in [5.41, 5.74) is 2.20. The van der Waals surface area contributed by atoms with E-state index in [1.165, 1.54) is 0 Å². The zero-order chi connectivity index (χ0) is 28.9. The maximum atomic E-state index is 13.1. The van der Waals surface area contributed by atoms with E-state index in [4.69, 9.17) is 9.72 Å². The number of aromatic nitrogens is 3. The van der Waals surface area contributed by atoms with Crippen LogP contribution in [0.1, 0.15) is 20.3 Å². The molecule has 0 radical (unpaired) electrons. The maximum absolute atomic E-state index is 13.1. The Hall–Kier alpha value is -3.88. The molecule has 3 aliphatic heterocycles. The number of amides is 2. The normalized spacial score (nSPS) is 18.8. The number of piperazine rings is 1. The quantitative estimate of drug-likeness (QED) is 0.317. The second-order valence-electron chi connectivity index (χ2n) is 11.9. The first-order chi connectivity index (χ1) is 19.5. The Balaban J connectivity index is 1.23. The number of para-hydroxylation sites is 1. The van der Waals surface area contributed by atoms with Crippen LogP contribution in [0, 0.1) is 0 Å². The highest BCUT2D eigenvalue weighted by Crippen LogP contribution is 2.40. The highest BCUT2D eigenvalue weighted by atomic mass is 31.2. The van der Waals surface area contributed by atoms with Gasteiger partial charge >= 0.3 is 6.03 Å². The summed E-state index contributed by atoms with van der Waals surface area (Å²) in [6.07, 6.45) is 6.20. The van der Waals surface area contributed by atoms with Crippen molar-refractivity contribution in [2.24, 2.45) is 0 Å². The van der Waals surface area contributed by atoms with Crippen LogP contribution in [0.4, 0.5) is 16.3 Å². The van der Waals surface area contributed by atoms with Gasteiger partial charge in [0.1, 0.15) is 25.3 Å². The van der Waals surface area contributed by atoms with E-state index in [0.717, 1.165) is 47.7 Å². The summed E-state index contributed by atoms with van der Waals surface area (Å²) in [6, 6.07) is 15.6. The molecule has 0 spiro atoms. The highest BCUT2D eigenvalue weighted by molar-refractivity contribution is 7.70. The minimum atomic E-state index is -2.62. The number of rotatable bonds is 7. The van der Waals surface area contributed by atoms with Gasteiger partial charge in [-0.05, 0) is 63.9 Å². The predicted molar refractivity (Wildman–Crippen MR) is 161 cm³/mol. The number of aliphatic hydroxyl groups is 1. The lowest BCUT2D eigenvalue weighted by Crippen LogP contribution is -2.71. The summed E-state index contributed by atoms with van der Waals surface area (Å²) < 4.78 is 20.7. The second-order valence-corrected chi connectivity index (χ2v) is 15.1. The van der Waals surface area contributed by atoms with Gasteiger partial charge < -0.3 is 29.5 Å². The van der Waals surface area contributed by atoms with Gasteiger partial charge in [0.2, 0.25) is 0 Å². The minimum Gasteiger partial charge on any atom is -0.489 e. The number of fused-ring (bicyclic) bond motifs is 3. The van der Waals surface area contributed by atoms with E-state index >= 15 is 0 Å². The Kier molecular flexibility index (Phi) is 6.78. The molecular weight excluding hydrogens is 539 g/mol. The van der Waals surface area contributed by atoms with Crippen LogP contribution in [0.3, 0.4) is 0 Å². The summed E-state index contributed by atoms with van der Waals surface area (Å²) >= 11 is 0. The third kappa shape index (κ3) is 5.54. The number of nitrogens with one attached hydrogen (secondary N) is 1. The number of nitrogens with zero attached hydrogens (tertiary/aromatic N) is 5. The molecule has 2 atom stereocenters. The molecule has 214 valence electrons. The largest absolute Gasteiger partial charge is 0.489 e. The average Bonchev–Trinajstić information content (AvgIpc) is 3.37. The van der Waals surface area contributed by atoms with E-state index in [0.29, 0.717) is 11.1 Å². The number of benzene rings is 1. The first kappa shape index (κ1) is 27.3. The van der Waals surface area contributed by atoms with Crippen LogP contribution < -0.4 is 20.3 Å². The van der Waals surface area contributed by atoms with Gasteiger partial charge in [0, 0.05) is 36.1 Å². The second kappa shape index (κ2) is 10.2. The predicted octanol–water partition coefficient (Wildman–Crippen LogP) is 4.29. The molecule has 4 aromatic rings. The molecule has 2 N–H and O–H groups in total. The maximum Gasteiger partial charge on any atom is 0.322 e. The molecule has 41 heavy (non-hydrogen) atoms. The number of piperidine rings is 1. The molecule has 3 aromatic heterocycles. The molecule has 2 unspecified atom stereocenters. The highest BCUT2D eigenvalue weighted by Gasteiger charge is 2.47. The smallest absolute Gasteiger partial charge is 0.322 e. The molecule has 1 aromatic carbocycles. The molecule has 2 bridgehead atoms. The average molecular weight is 575 g/mol. The van der Waals surface area contributed by atoms with Gasteiger partial charge in [0.05, 0.1) is 40.9 Å². The van der Waals surface area contributed by atoms with Crippen molar-refractivity contribution in [2.45, 2.75) is 38.0 Å². The van der Waals surface area contributed by atoms with Gasteiger partial charge in [-0.25, -0.2) is 14.3 Å². The van der Waals surface area contributed by atoms with Crippen molar-refractivity contribution < 1.29 is 19.2 Å². The first-order valence-corrected chi connectivity index (χ1v) is 16.3. The fraction of sp³-hybridized carbons (Fsp3) is 0.367. The van der Waals surface area contributed by atoms with Gasteiger partial charge in [0.15, 0.2) is 0 Å². The number of anilines is 2. The summed E-state index contributed by atoms with van der Waals surface area (Å²) in [4.78, 5) is 21.9. The third-order valence-electron chi connectivity index (χ3n) is 7.58. The first-order valence-electron chi connectivity index (χ1n) is 13.7. The number of carbonyl (C=O) groups excluding carboxylic acids is 1. The summed E-state index contributed by atoms with van der Waals surface area (Å²) in [6.45, 7) is 8.39. The van der Waals surface area contributed by atoms with E-state index in [1.54, 1.807) is 44.1 Å². The van der Waals surface area contributed by atoms with Crippen molar-refractivity contribution in [3.63, 3.8) is 0 Å². The lowest BCUT2D eigenvalue weighted by atomic mass is 9.88. The van der Waals surface area contributed by atoms with Crippen molar-refractivity contribution in [1.82, 2.24) is 19.5 Å². The fourth-order valence-corrected chi connectivity index (χ4v) is 6.67. The van der Waals surface area contributed by atoms with Crippen LogP contribution in [0.5, 0.6) is 5.75 Å². The third-order valence-corrected chi connectivity index (χ3v) is 9.06. The molecular formula is C30H35N6O4P. The van der Waals surface area contributed by atoms with Crippen molar-refractivity contribution in [3.05, 3.63) is 67.1 Å². The molecule has 0 aliphatic carbocycles. The van der Waals surface area contributed by atoms with Crippen molar-refractivity contribution >= 4 is 35.5 Å². The molecule has 3 aliphatic rings. The zero-order valence-electron chi connectivity index (χ0n) is 23.7. The minimum absolute atomic E-state index is 0.0585. The number of hydrogen-bond donors (Lipinski definition) is 2. The molecule has 7 rings (SSSR count). The number of ether oxygens (including phenoxy) is 1. The molecule has 2 amide bonds. The van der Waals surface area contributed by atoms with Gasteiger partial charge in [-0.1, -0.05) is 18.2 Å². The Morgan fingerprint density at radius 3 is 2.49 bits per heavy atom. The van der Waals surface area contributed by atoms with Crippen molar-refractivity contribution in [3.8, 4) is 16.9 Å². The van der Waals surface area contributed by atoms with Gasteiger partial charge in [-0.15, -0.1) is 0 Å². The molecule has 3 saturated heterocycles. The van der Waals surface area contributed by atoms with Crippen molar-refractivity contribution in [1.29, 1.82) is 0 Å². The van der Waals surface area contributed by atoms with Crippen LogP contribution in [-0.4, -0.2) is 81.3 Å². The summed E-state index contributed by atoms with van der Waals surface area (Å²) in [5, 5.41) is 18.3. The van der Waals surface area contributed by atoms with Gasteiger partial charge in [0.25, 0.3) is 0 Å². The zero-order valence-corrected chi connectivity index (χ0v) is 24.6. The lowest BCUT2D eigenvalue weighted by Gasteiger charge is -2.56. The Labute approximate surface area is 239 Å². The fourth-order valence-electron chi connectivity index (χ4n) is 5.60. The molecule has 3 fully saturated rings. The number of carbonyl (C=O) groups is 1. The topological polar surface area (TPSA) is 112 Å². The molecule has 11 heteroatoms. The number of pyridine rings is 2.